The lowest BCUT2D eigenvalue weighted by Crippen LogP contribution is -2.43. The van der Waals surface area contributed by atoms with Gasteiger partial charge in [-0.15, -0.1) is 0 Å². The van der Waals surface area contributed by atoms with Crippen LogP contribution in [0.4, 0.5) is 17.6 Å². The first-order valence-corrected chi connectivity index (χ1v) is 50.6. The van der Waals surface area contributed by atoms with Gasteiger partial charge in [-0.25, -0.2) is 91.5 Å². The van der Waals surface area contributed by atoms with E-state index >= 15 is 13.2 Å². The minimum atomic E-state index is -6.36. The standard InChI is InChI=1S/4C10H16FN2O15P3S/c4*11-10(3-25-30(21,22)28-31(23,24)27-29(18,19)20)6(16)5(15)8(26-10)13-1-4(2-14)7(32)12-9(13)17/h4*1,5-6,8,14-16H,2-3H2,(H,21,22)(H,23,24)(H,12,17,32)(H2,18,19,20)/t4*5-,6+,8-,10-/m1111/s1/i3D2,8D;8D;3D2;. The van der Waals surface area contributed by atoms with Gasteiger partial charge in [0, 0.05) is 47.0 Å². The number of aromatic nitrogens is 8. The first kappa shape index (κ1) is 106. The second-order valence-corrected chi connectivity index (χ2v) is 42.7. The van der Waals surface area contributed by atoms with Gasteiger partial charge in [-0.1, -0.05) is 48.9 Å². The molecule has 4 aromatic heterocycles. The Hall–Kier alpha value is -2.88. The molecule has 8 unspecified atom stereocenters. The number of aliphatic hydroxyl groups excluding tert-OH is 12. The van der Waals surface area contributed by atoms with E-state index in [0.717, 1.165) is 12.4 Å². The molecule has 4 aliphatic heterocycles. The number of ether oxygens (including phenoxy) is 4. The molecule has 8 rings (SSSR count). The Morgan fingerprint density at radius 2 is 0.539 bits per heavy atom. The molecule has 0 radical (unpaired) electrons. The molecule has 0 spiro atoms. The van der Waals surface area contributed by atoms with Crippen molar-refractivity contribution >= 4 is 143 Å². The van der Waals surface area contributed by atoms with Crippen molar-refractivity contribution in [2.45, 2.75) is 124 Å². The maximum Gasteiger partial charge on any atom is 0.490 e. The van der Waals surface area contributed by atoms with E-state index in [1.807, 2.05) is 15.0 Å². The highest BCUT2D eigenvalue weighted by molar-refractivity contribution is 7.72. The second kappa shape index (κ2) is 43.0. The zero-order valence-electron chi connectivity index (χ0n) is 66.2. The number of H-pyrrole nitrogens is 4. The van der Waals surface area contributed by atoms with Crippen LogP contribution in [0.3, 0.4) is 0 Å². The second-order valence-electron chi connectivity index (χ2n) is 23.5. The molecular weight excluding hydrogens is 2130 g/mol. The Morgan fingerprint density at radius 1 is 0.336 bits per heavy atom. The number of rotatable bonds is 36. The van der Waals surface area contributed by atoms with Crippen molar-refractivity contribution in [2.24, 2.45) is 0 Å². The summed E-state index contributed by atoms with van der Waals surface area (Å²) in [4.78, 5) is 198. The molecule has 4 aliphatic rings. The van der Waals surface area contributed by atoms with Crippen molar-refractivity contribution in [1.82, 2.24) is 38.2 Å². The molecule has 736 valence electrons. The van der Waals surface area contributed by atoms with E-state index in [-0.39, 0.29) is 50.0 Å². The van der Waals surface area contributed by atoms with Gasteiger partial charge in [-0.05, 0) is 0 Å². The van der Waals surface area contributed by atoms with Gasteiger partial charge in [0.1, 0.15) is 93.7 Å². The summed E-state index contributed by atoms with van der Waals surface area (Å²) in [7, 11) is -71.3. The average Bonchev–Trinajstić information content (AvgIpc) is 1.55. The largest absolute Gasteiger partial charge is 0.490 e. The summed E-state index contributed by atoms with van der Waals surface area (Å²) >= 11 is 19.0. The van der Waals surface area contributed by atoms with Gasteiger partial charge in [0.15, 0.2) is 24.9 Å². The topological polar surface area (TPSA) is 1070 Å². The van der Waals surface area contributed by atoms with Crippen LogP contribution in [0.15, 0.2) is 44.0 Å². The minimum Gasteiger partial charge on any atom is -0.392 e. The predicted molar refractivity (Wildman–Crippen MR) is 390 cm³/mol. The van der Waals surface area contributed by atoms with Crippen molar-refractivity contribution in [1.29, 1.82) is 0 Å². The molecule has 0 amide bonds. The minimum absolute atomic E-state index is 0.0461. The average molecular weight is 2200 g/mol. The third kappa shape index (κ3) is 32.7. The summed E-state index contributed by atoms with van der Waals surface area (Å²) in [6.07, 6.45) is -29.3. The molecule has 32 N–H and O–H groups in total. The molecule has 4 fully saturated rings. The van der Waals surface area contributed by atoms with Crippen molar-refractivity contribution in [3.05, 3.63) is 108 Å². The number of alkyl halides is 4. The lowest BCUT2D eigenvalue weighted by Gasteiger charge is -2.24. The third-order valence-corrected chi connectivity index (χ3v) is 30.4. The van der Waals surface area contributed by atoms with E-state index in [1.54, 1.807) is 0 Å². The Bertz CT molecular complexity index is 6210. The van der Waals surface area contributed by atoms with Gasteiger partial charge in [-0.2, -0.15) is 34.5 Å². The van der Waals surface area contributed by atoms with Crippen LogP contribution in [0.5, 0.6) is 0 Å². The van der Waals surface area contributed by atoms with Crippen LogP contribution >= 0.6 is 143 Å². The summed E-state index contributed by atoms with van der Waals surface area (Å²) < 4.78 is 304. The number of phosphoric acid groups is 12. The first-order valence-electron chi connectivity index (χ1n) is 33.8. The van der Waals surface area contributed by atoms with Crippen molar-refractivity contribution in [2.75, 3.05) is 26.3 Å². The van der Waals surface area contributed by atoms with E-state index in [1.165, 1.54) is 0 Å². The maximum atomic E-state index is 15.5. The van der Waals surface area contributed by atoms with Gasteiger partial charge in [-0.3, -0.25) is 56.3 Å². The summed E-state index contributed by atoms with van der Waals surface area (Å²) in [6, 6.07) is 0. The predicted octanol–water partition coefficient (Wildman–Crippen LogP) is -5.37. The lowest BCUT2D eigenvalue weighted by molar-refractivity contribution is -0.205. The molecule has 0 aromatic carbocycles. The number of halogens is 4. The van der Waals surface area contributed by atoms with Crippen molar-refractivity contribution in [3.8, 4) is 0 Å². The molecular formula is C40H64F4N8O60P12S4. The van der Waals surface area contributed by atoms with Gasteiger partial charge < -0.3 is 159 Å². The summed E-state index contributed by atoms with van der Waals surface area (Å²) in [5.74, 6) is -16.0. The first-order chi connectivity index (χ1) is 59.8. The number of hydrogen-bond acceptors (Lipinski definition) is 48. The van der Waals surface area contributed by atoms with Crippen LogP contribution in [0.2, 0.25) is 0 Å². The van der Waals surface area contributed by atoms with E-state index in [2.05, 4.69) is 71.8 Å². The molecule has 68 nitrogen and oxygen atoms in total. The summed E-state index contributed by atoms with van der Waals surface area (Å²) in [5.41, 5.74) is -5.52. The van der Waals surface area contributed by atoms with Gasteiger partial charge >= 0.3 is 117 Å². The fourth-order valence-corrected chi connectivity index (χ4v) is 21.6. The van der Waals surface area contributed by atoms with Gasteiger partial charge in [0.05, 0.1) is 34.7 Å². The van der Waals surface area contributed by atoms with Crippen LogP contribution in [-0.4, -0.2) is 276 Å². The van der Waals surface area contributed by atoms with Gasteiger partial charge in [0.2, 0.25) is 0 Å². The Morgan fingerprint density at radius 3 is 0.805 bits per heavy atom. The van der Waals surface area contributed by atoms with E-state index in [9.17, 15) is 159 Å². The number of nitrogens with one attached hydrogen (secondary N) is 4. The maximum absolute atomic E-state index is 15.5. The molecule has 88 heteroatoms. The number of aliphatic hydroxyl groups is 12. The van der Waals surface area contributed by atoms with Crippen molar-refractivity contribution in [3.63, 3.8) is 0 Å². The third-order valence-electron chi connectivity index (χ3n) is 14.0. The molecule has 4 saturated heterocycles. The fourth-order valence-electron chi connectivity index (χ4n) is 8.95. The Kier molecular flexibility index (Phi) is 35.5. The van der Waals surface area contributed by atoms with Crippen LogP contribution in [0.1, 0.15) is 55.3 Å². The van der Waals surface area contributed by atoms with Crippen LogP contribution in [0.25, 0.3) is 0 Å². The SMILES string of the molecule is O=c1[nH]c(=S)c(CO)cn1[C@@H]1O[C@](F)(COP(=O)(O)OP(=O)(O)OP(=O)(O)O)[C@@H](O)[C@H]1O.[2H]C([2H])(OP(=O)(O)OP(=O)(O)OP(=O)(O)O)[C@@]1(F)O[C@@H](n2cc(CO)c(=S)[nH]c2=O)[C@H](O)[C@@H]1O.[2H]C([2H])(OP(=O)(O)OP(=O)(O)OP(=O)(O)O)[C@@]1(F)O[C@@]([2H])(n2cc(CO)c(=S)[nH]c2=O)[C@H](O)[C@@H]1O.[2H][C@@]1(n2cc(CO)c(=S)[nH]c2=O)O[C@](F)(COP(=O)(O)OP(=O)(O)OP(=O)(O)O)[C@@H](O)[C@H]1O. The molecule has 128 heavy (non-hydrogen) atoms. The van der Waals surface area contributed by atoms with Crippen molar-refractivity contribution < 1.29 is 292 Å². The molecule has 4 aromatic rings. The Balaban J connectivity index is 0.000000316. The highest BCUT2D eigenvalue weighted by Crippen LogP contribution is 2.70. The molecule has 0 aliphatic carbocycles. The normalized spacial score (nSPS) is 32.1. The number of phosphoric ester groups is 4. The lowest BCUT2D eigenvalue weighted by atomic mass is 10.1. The monoisotopic (exact) mass is 2200 g/mol. The van der Waals surface area contributed by atoms with Crippen LogP contribution in [-0.2, 0) is 153 Å². The summed E-state index contributed by atoms with van der Waals surface area (Å²) in [6.45, 7) is -15.5. The highest BCUT2D eigenvalue weighted by atomic mass is 32.1. The van der Waals surface area contributed by atoms with Gasteiger partial charge in [0.25, 0.3) is 23.4 Å². The van der Waals surface area contributed by atoms with Crippen LogP contribution in [0, 0.1) is 18.6 Å². The fraction of sp³-hybridized carbons (Fsp3) is 0.600. The van der Waals surface area contributed by atoms with Crippen LogP contribution < -0.4 is 22.8 Å². The van der Waals surface area contributed by atoms with E-state index in [0.29, 0.717) is 21.5 Å². The molecule has 0 bridgehead atoms. The smallest absolute Gasteiger partial charge is 0.392 e. The van der Waals surface area contributed by atoms with E-state index < -0.39 is 267 Å². The Labute approximate surface area is 727 Å². The molecule has 8 heterocycles. The molecule has 0 saturated carbocycles. The molecule has 24 atom stereocenters. The zero-order valence-corrected chi connectivity index (χ0v) is 74.2. The van der Waals surface area contributed by atoms with E-state index in [4.69, 9.17) is 121 Å². The zero-order chi connectivity index (χ0) is 104. The summed E-state index contributed by atoms with van der Waals surface area (Å²) in [5, 5.41) is 117. The number of aromatic amines is 4. The highest BCUT2D eigenvalue weighted by Gasteiger charge is 2.62. The quantitative estimate of drug-likeness (QED) is 0.0115. The number of nitrogens with zero attached hydrogens (tertiary/aromatic N) is 4. The number of hydrogen-bond donors (Lipinski definition) is 32.